The minimum atomic E-state index is -1.32. The fourth-order valence-electron chi connectivity index (χ4n) is 3.28. The molecule has 1 atom stereocenters. The zero-order valence-corrected chi connectivity index (χ0v) is 16.2. The minimum Gasteiger partial charge on any atom is -0.379 e. The summed E-state index contributed by atoms with van der Waals surface area (Å²) in [7, 11) is 0. The lowest BCUT2D eigenvalue weighted by molar-refractivity contribution is -0.158. The fourth-order valence-corrected chi connectivity index (χ4v) is 4.02. The number of nitrogens with one attached hydrogen (secondary N) is 1. The number of aryl methyl sites for hydroxylation is 1. The molecule has 0 saturated carbocycles. The Morgan fingerprint density at radius 3 is 2.88 bits per heavy atom. The molecule has 138 valence electrons. The van der Waals surface area contributed by atoms with Crippen LogP contribution in [0.15, 0.2) is 6.20 Å². The standard InChI is InChI=1S/C17H27N5O2S/c1-12-20-22-9-13(19-15(22)25-12)8-18-10-17(24)6-5-7-21(14(17)23)11-16(2,3)4/h9,18,24H,5-8,10-11H2,1-4H3/t17-/m1/s1. The Morgan fingerprint density at radius 1 is 1.44 bits per heavy atom. The molecule has 2 aromatic rings. The van der Waals surface area contributed by atoms with Gasteiger partial charge in [0, 0.05) is 26.2 Å². The van der Waals surface area contributed by atoms with Crippen LogP contribution in [0.1, 0.15) is 44.3 Å². The first-order valence-electron chi connectivity index (χ1n) is 8.70. The predicted octanol–water partition coefficient (Wildman–Crippen LogP) is 1.59. The van der Waals surface area contributed by atoms with Crippen molar-refractivity contribution in [1.82, 2.24) is 24.8 Å². The van der Waals surface area contributed by atoms with Crippen molar-refractivity contribution in [3.05, 3.63) is 16.9 Å². The number of aromatic nitrogens is 3. The number of rotatable bonds is 5. The molecule has 1 aliphatic heterocycles. The van der Waals surface area contributed by atoms with Crippen LogP contribution in [0.2, 0.25) is 0 Å². The predicted molar refractivity (Wildman–Crippen MR) is 97.5 cm³/mol. The minimum absolute atomic E-state index is 0.0225. The van der Waals surface area contributed by atoms with Crippen molar-refractivity contribution < 1.29 is 9.90 Å². The molecule has 0 unspecified atom stereocenters. The van der Waals surface area contributed by atoms with Crippen LogP contribution in [-0.2, 0) is 11.3 Å². The number of imidazole rings is 1. The van der Waals surface area contributed by atoms with Gasteiger partial charge < -0.3 is 15.3 Å². The first-order chi connectivity index (χ1) is 11.7. The van der Waals surface area contributed by atoms with E-state index in [0.29, 0.717) is 19.5 Å². The van der Waals surface area contributed by atoms with Gasteiger partial charge in [0.15, 0.2) is 5.60 Å². The second-order valence-electron chi connectivity index (χ2n) is 8.11. The van der Waals surface area contributed by atoms with Crippen LogP contribution in [0.25, 0.3) is 4.96 Å². The van der Waals surface area contributed by atoms with Gasteiger partial charge >= 0.3 is 0 Å². The monoisotopic (exact) mass is 365 g/mol. The van der Waals surface area contributed by atoms with E-state index in [4.69, 9.17) is 0 Å². The van der Waals surface area contributed by atoms with E-state index < -0.39 is 5.60 Å². The van der Waals surface area contributed by atoms with Crippen LogP contribution >= 0.6 is 11.3 Å². The molecule has 8 heteroatoms. The molecule has 3 heterocycles. The quantitative estimate of drug-likeness (QED) is 0.841. The Labute approximate surface area is 152 Å². The Bertz CT molecular complexity index is 731. The van der Waals surface area contributed by atoms with Crippen molar-refractivity contribution in [1.29, 1.82) is 0 Å². The first kappa shape index (κ1) is 18.3. The number of nitrogens with zero attached hydrogens (tertiary/aromatic N) is 4. The maximum absolute atomic E-state index is 12.7. The van der Waals surface area contributed by atoms with E-state index in [2.05, 4.69) is 36.2 Å². The smallest absolute Gasteiger partial charge is 0.255 e. The van der Waals surface area contributed by atoms with Gasteiger partial charge in [0.05, 0.1) is 11.9 Å². The highest BCUT2D eigenvalue weighted by Crippen LogP contribution is 2.26. The highest BCUT2D eigenvalue weighted by Gasteiger charge is 2.42. The second kappa shape index (κ2) is 6.66. The Kier molecular flexibility index (Phi) is 4.87. The van der Waals surface area contributed by atoms with Crippen molar-refractivity contribution in [3.63, 3.8) is 0 Å². The summed E-state index contributed by atoms with van der Waals surface area (Å²) in [5.74, 6) is -0.163. The van der Waals surface area contributed by atoms with Gasteiger partial charge in [0.1, 0.15) is 5.01 Å². The number of carbonyl (C=O) groups excluding carboxylic acids is 1. The van der Waals surface area contributed by atoms with Gasteiger partial charge in [-0.05, 0) is 25.2 Å². The SMILES string of the molecule is Cc1nn2cc(CNC[C@]3(O)CCCN(CC(C)(C)C)C3=O)nc2s1. The molecule has 25 heavy (non-hydrogen) atoms. The van der Waals surface area contributed by atoms with Gasteiger partial charge in [-0.1, -0.05) is 32.1 Å². The van der Waals surface area contributed by atoms with Gasteiger partial charge in [-0.25, -0.2) is 9.50 Å². The summed E-state index contributed by atoms with van der Waals surface area (Å²) in [5.41, 5.74) is -0.443. The van der Waals surface area contributed by atoms with Gasteiger partial charge in [0.2, 0.25) is 4.96 Å². The molecule has 0 bridgehead atoms. The summed E-state index contributed by atoms with van der Waals surface area (Å²) in [6.07, 6.45) is 3.20. The third-order valence-electron chi connectivity index (χ3n) is 4.29. The molecule has 0 aliphatic carbocycles. The third kappa shape index (κ3) is 4.19. The topological polar surface area (TPSA) is 82.8 Å². The van der Waals surface area contributed by atoms with Crippen LogP contribution < -0.4 is 5.32 Å². The number of fused-ring (bicyclic) bond motifs is 1. The van der Waals surface area contributed by atoms with Crippen molar-refractivity contribution in [2.24, 2.45) is 5.41 Å². The maximum atomic E-state index is 12.7. The largest absolute Gasteiger partial charge is 0.379 e. The Morgan fingerprint density at radius 2 is 2.20 bits per heavy atom. The number of carbonyl (C=O) groups is 1. The van der Waals surface area contributed by atoms with Gasteiger partial charge in [-0.15, -0.1) is 0 Å². The van der Waals surface area contributed by atoms with E-state index >= 15 is 0 Å². The molecule has 0 radical (unpaired) electrons. The highest BCUT2D eigenvalue weighted by molar-refractivity contribution is 7.16. The zero-order chi connectivity index (χ0) is 18.2. The molecule has 1 amide bonds. The summed E-state index contributed by atoms with van der Waals surface area (Å²) >= 11 is 1.54. The summed E-state index contributed by atoms with van der Waals surface area (Å²) in [6.45, 7) is 10.4. The molecular formula is C17H27N5O2S. The van der Waals surface area contributed by atoms with Crippen LogP contribution in [0, 0.1) is 12.3 Å². The number of piperidine rings is 1. The molecule has 1 saturated heterocycles. The molecule has 7 nitrogen and oxygen atoms in total. The van der Waals surface area contributed by atoms with E-state index in [9.17, 15) is 9.90 Å². The summed E-state index contributed by atoms with van der Waals surface area (Å²) in [6, 6.07) is 0. The zero-order valence-electron chi connectivity index (χ0n) is 15.4. The molecule has 1 aliphatic rings. The van der Waals surface area contributed by atoms with Crippen LogP contribution in [0.3, 0.4) is 0 Å². The maximum Gasteiger partial charge on any atom is 0.255 e. The van der Waals surface area contributed by atoms with Crippen molar-refractivity contribution in [2.45, 2.75) is 52.7 Å². The molecule has 3 rings (SSSR count). The molecule has 2 N–H and O–H groups in total. The normalized spacial score (nSPS) is 22.1. The molecule has 1 fully saturated rings. The van der Waals surface area contributed by atoms with Crippen molar-refractivity contribution in [2.75, 3.05) is 19.6 Å². The van der Waals surface area contributed by atoms with Crippen molar-refractivity contribution >= 4 is 22.2 Å². The fraction of sp³-hybridized carbons (Fsp3) is 0.706. The van der Waals surface area contributed by atoms with Crippen LogP contribution in [0.4, 0.5) is 0 Å². The Balaban J connectivity index is 1.58. The van der Waals surface area contributed by atoms with Gasteiger partial charge in [-0.3, -0.25) is 4.79 Å². The van der Waals surface area contributed by atoms with Gasteiger partial charge in [-0.2, -0.15) is 5.10 Å². The summed E-state index contributed by atoms with van der Waals surface area (Å²) in [4.78, 5) is 19.9. The number of hydrogen-bond donors (Lipinski definition) is 2. The van der Waals surface area contributed by atoms with Crippen molar-refractivity contribution in [3.8, 4) is 0 Å². The molecule has 0 aromatic carbocycles. The second-order valence-corrected chi connectivity index (χ2v) is 9.27. The van der Waals surface area contributed by atoms with Crippen LogP contribution in [-0.4, -0.2) is 55.7 Å². The molecule has 0 spiro atoms. The highest BCUT2D eigenvalue weighted by atomic mass is 32.1. The van der Waals surface area contributed by atoms with E-state index in [1.54, 1.807) is 20.8 Å². The average molecular weight is 366 g/mol. The van der Waals surface area contributed by atoms with E-state index in [-0.39, 0.29) is 17.9 Å². The third-order valence-corrected chi connectivity index (χ3v) is 5.12. The van der Waals surface area contributed by atoms with E-state index in [0.717, 1.165) is 28.6 Å². The first-order valence-corrected chi connectivity index (χ1v) is 9.52. The Hall–Kier alpha value is -1.51. The molecular weight excluding hydrogens is 338 g/mol. The van der Waals surface area contributed by atoms with Crippen LogP contribution in [0.5, 0.6) is 0 Å². The van der Waals surface area contributed by atoms with Gasteiger partial charge in [0.25, 0.3) is 5.91 Å². The average Bonchev–Trinajstić information content (AvgIpc) is 2.99. The number of likely N-dealkylation sites (tertiary alicyclic amines) is 1. The molecule has 2 aromatic heterocycles. The number of aliphatic hydroxyl groups is 1. The summed E-state index contributed by atoms with van der Waals surface area (Å²) in [5, 5.41) is 19.3. The summed E-state index contributed by atoms with van der Waals surface area (Å²) < 4.78 is 1.77. The lowest BCUT2D eigenvalue weighted by atomic mass is 9.88. The van der Waals surface area contributed by atoms with E-state index in [1.165, 1.54) is 0 Å². The lowest BCUT2D eigenvalue weighted by Crippen LogP contribution is -2.59. The lowest BCUT2D eigenvalue weighted by Gasteiger charge is -2.40. The number of hydrogen-bond acceptors (Lipinski definition) is 6. The van der Waals surface area contributed by atoms with E-state index in [1.807, 2.05) is 13.1 Å². The number of amides is 1.